The van der Waals surface area contributed by atoms with Gasteiger partial charge in [-0.2, -0.15) is 0 Å². The Morgan fingerprint density at radius 2 is 1.88 bits per heavy atom. The zero-order valence-electron chi connectivity index (χ0n) is 14.3. The van der Waals surface area contributed by atoms with Gasteiger partial charge in [0.25, 0.3) is 5.91 Å². The van der Waals surface area contributed by atoms with Gasteiger partial charge < -0.3 is 10.2 Å². The smallest absolute Gasteiger partial charge is 0.275 e. The molecular weight excluding hydrogens is 324 g/mol. The molecule has 0 saturated heterocycles. The molecular formula is C18H23ClN4O. The second-order valence-electron chi connectivity index (χ2n) is 5.61. The van der Waals surface area contributed by atoms with Gasteiger partial charge in [-0.3, -0.25) is 4.79 Å². The standard InChI is InChI=1S/C18H23ClN4O/c1-4-9-23(10-5-2)17-12-20-16(11-21-17)18(24)22-15-8-6-7-14(19)13(15)3/h6-8,11-12H,4-5,9-10H2,1-3H3,(H,22,24). The predicted octanol–water partition coefficient (Wildman–Crippen LogP) is 4.32. The number of nitrogens with zero attached hydrogens (tertiary/aromatic N) is 3. The normalized spacial score (nSPS) is 10.5. The highest BCUT2D eigenvalue weighted by molar-refractivity contribution is 6.31. The van der Waals surface area contributed by atoms with Crippen molar-refractivity contribution in [2.75, 3.05) is 23.3 Å². The number of carbonyl (C=O) groups is 1. The van der Waals surface area contributed by atoms with E-state index in [-0.39, 0.29) is 11.6 Å². The largest absolute Gasteiger partial charge is 0.355 e. The lowest BCUT2D eigenvalue weighted by atomic mass is 10.2. The molecule has 24 heavy (non-hydrogen) atoms. The van der Waals surface area contributed by atoms with Gasteiger partial charge in [-0.05, 0) is 37.5 Å². The van der Waals surface area contributed by atoms with E-state index >= 15 is 0 Å². The summed E-state index contributed by atoms with van der Waals surface area (Å²) in [7, 11) is 0. The van der Waals surface area contributed by atoms with Crippen molar-refractivity contribution in [2.24, 2.45) is 0 Å². The van der Waals surface area contributed by atoms with Crippen LogP contribution in [0.25, 0.3) is 0 Å². The van der Waals surface area contributed by atoms with Crippen LogP contribution in [0.5, 0.6) is 0 Å². The van der Waals surface area contributed by atoms with Gasteiger partial charge in [-0.25, -0.2) is 9.97 Å². The number of hydrogen-bond acceptors (Lipinski definition) is 4. The van der Waals surface area contributed by atoms with Crippen LogP contribution in [0, 0.1) is 6.92 Å². The summed E-state index contributed by atoms with van der Waals surface area (Å²) in [5.41, 5.74) is 1.79. The maximum Gasteiger partial charge on any atom is 0.275 e. The number of hydrogen-bond donors (Lipinski definition) is 1. The van der Waals surface area contributed by atoms with Crippen molar-refractivity contribution in [1.29, 1.82) is 0 Å². The Balaban J connectivity index is 2.12. The van der Waals surface area contributed by atoms with Gasteiger partial charge in [-0.15, -0.1) is 0 Å². The highest BCUT2D eigenvalue weighted by atomic mass is 35.5. The van der Waals surface area contributed by atoms with Crippen LogP contribution in [0.3, 0.4) is 0 Å². The molecule has 0 radical (unpaired) electrons. The Labute approximate surface area is 148 Å². The van der Waals surface area contributed by atoms with Crippen molar-refractivity contribution < 1.29 is 4.79 Å². The van der Waals surface area contributed by atoms with Gasteiger partial charge in [-0.1, -0.05) is 31.5 Å². The molecule has 0 aliphatic heterocycles. The molecule has 1 N–H and O–H groups in total. The number of nitrogens with one attached hydrogen (secondary N) is 1. The summed E-state index contributed by atoms with van der Waals surface area (Å²) < 4.78 is 0. The Hall–Kier alpha value is -2.14. The summed E-state index contributed by atoms with van der Waals surface area (Å²) in [4.78, 5) is 23.2. The molecule has 1 aromatic heterocycles. The fraction of sp³-hybridized carbons (Fsp3) is 0.389. The van der Waals surface area contributed by atoms with Crippen molar-refractivity contribution >= 4 is 29.0 Å². The van der Waals surface area contributed by atoms with Crippen LogP contribution in [0.15, 0.2) is 30.6 Å². The monoisotopic (exact) mass is 346 g/mol. The Morgan fingerprint density at radius 3 is 2.46 bits per heavy atom. The maximum atomic E-state index is 12.3. The van der Waals surface area contributed by atoms with E-state index in [2.05, 4.69) is 34.0 Å². The summed E-state index contributed by atoms with van der Waals surface area (Å²) in [5.74, 6) is 0.506. The zero-order valence-corrected chi connectivity index (χ0v) is 15.1. The number of amides is 1. The van der Waals surface area contributed by atoms with Gasteiger partial charge in [0, 0.05) is 23.8 Å². The van der Waals surface area contributed by atoms with E-state index in [0.717, 1.165) is 37.3 Å². The molecule has 0 spiro atoms. The minimum Gasteiger partial charge on any atom is -0.355 e. The predicted molar refractivity (Wildman–Crippen MR) is 99.0 cm³/mol. The van der Waals surface area contributed by atoms with E-state index < -0.39 is 0 Å². The van der Waals surface area contributed by atoms with Crippen molar-refractivity contribution in [3.05, 3.63) is 46.9 Å². The van der Waals surface area contributed by atoms with Gasteiger partial charge >= 0.3 is 0 Å². The molecule has 0 unspecified atom stereocenters. The molecule has 0 fully saturated rings. The van der Waals surface area contributed by atoms with Crippen LogP contribution >= 0.6 is 11.6 Å². The van der Waals surface area contributed by atoms with Crippen LogP contribution in [0.4, 0.5) is 11.5 Å². The Bertz CT molecular complexity index is 682. The minimum absolute atomic E-state index is 0.283. The number of benzene rings is 1. The first-order valence-corrected chi connectivity index (χ1v) is 8.58. The molecule has 6 heteroatoms. The molecule has 128 valence electrons. The van der Waals surface area contributed by atoms with Crippen LogP contribution in [-0.2, 0) is 0 Å². The lowest BCUT2D eigenvalue weighted by Crippen LogP contribution is -2.26. The number of carbonyl (C=O) groups excluding carboxylic acids is 1. The van der Waals surface area contributed by atoms with Crippen molar-refractivity contribution in [2.45, 2.75) is 33.6 Å². The van der Waals surface area contributed by atoms with Crippen molar-refractivity contribution in [3.63, 3.8) is 0 Å². The molecule has 1 aromatic carbocycles. The highest BCUT2D eigenvalue weighted by Crippen LogP contribution is 2.23. The average molecular weight is 347 g/mol. The summed E-state index contributed by atoms with van der Waals surface area (Å²) in [5, 5.41) is 3.44. The minimum atomic E-state index is -0.294. The summed E-state index contributed by atoms with van der Waals surface area (Å²) in [6, 6.07) is 5.40. The molecule has 5 nitrogen and oxygen atoms in total. The topological polar surface area (TPSA) is 58.1 Å². The summed E-state index contributed by atoms with van der Waals surface area (Å²) in [6.07, 6.45) is 5.25. The summed E-state index contributed by atoms with van der Waals surface area (Å²) >= 11 is 6.07. The van der Waals surface area contributed by atoms with Crippen LogP contribution in [-0.4, -0.2) is 29.0 Å². The first-order valence-electron chi connectivity index (χ1n) is 8.20. The molecule has 0 atom stereocenters. The van der Waals surface area contributed by atoms with Crippen LogP contribution in [0.1, 0.15) is 42.7 Å². The second kappa shape index (κ2) is 8.64. The quantitative estimate of drug-likeness (QED) is 0.811. The number of anilines is 2. The lowest BCUT2D eigenvalue weighted by Gasteiger charge is -2.22. The SMILES string of the molecule is CCCN(CCC)c1cnc(C(=O)Nc2cccc(Cl)c2C)cn1. The second-order valence-corrected chi connectivity index (χ2v) is 6.02. The third-order valence-corrected chi connectivity index (χ3v) is 4.11. The molecule has 0 aliphatic rings. The molecule has 0 saturated carbocycles. The number of aromatic nitrogens is 2. The van der Waals surface area contributed by atoms with E-state index in [4.69, 9.17) is 11.6 Å². The third kappa shape index (κ3) is 4.45. The number of rotatable bonds is 7. The molecule has 0 bridgehead atoms. The zero-order chi connectivity index (χ0) is 17.5. The first kappa shape index (κ1) is 18.2. The fourth-order valence-corrected chi connectivity index (χ4v) is 2.59. The molecule has 2 aromatic rings. The Kier molecular flexibility index (Phi) is 6.55. The first-order chi connectivity index (χ1) is 11.6. The van der Waals surface area contributed by atoms with E-state index in [0.29, 0.717) is 10.7 Å². The molecule has 1 heterocycles. The highest BCUT2D eigenvalue weighted by Gasteiger charge is 2.12. The molecule has 2 rings (SSSR count). The third-order valence-electron chi connectivity index (χ3n) is 3.70. The van der Waals surface area contributed by atoms with Crippen LogP contribution < -0.4 is 10.2 Å². The van der Waals surface area contributed by atoms with Gasteiger partial charge in [0.15, 0.2) is 0 Å². The van der Waals surface area contributed by atoms with Gasteiger partial charge in [0.05, 0.1) is 12.4 Å². The summed E-state index contributed by atoms with van der Waals surface area (Å²) in [6.45, 7) is 7.97. The molecule has 1 amide bonds. The van der Waals surface area contributed by atoms with Gasteiger partial charge in [0.2, 0.25) is 0 Å². The van der Waals surface area contributed by atoms with Crippen molar-refractivity contribution in [1.82, 2.24) is 9.97 Å². The van der Waals surface area contributed by atoms with Crippen LogP contribution in [0.2, 0.25) is 5.02 Å². The molecule has 0 aliphatic carbocycles. The van der Waals surface area contributed by atoms with E-state index in [1.165, 1.54) is 6.20 Å². The maximum absolute atomic E-state index is 12.3. The number of halogens is 1. The lowest BCUT2D eigenvalue weighted by molar-refractivity contribution is 0.102. The van der Waals surface area contributed by atoms with Crippen molar-refractivity contribution in [3.8, 4) is 0 Å². The van der Waals surface area contributed by atoms with E-state index in [1.54, 1.807) is 18.3 Å². The van der Waals surface area contributed by atoms with E-state index in [9.17, 15) is 4.79 Å². The fourth-order valence-electron chi connectivity index (χ4n) is 2.41. The van der Waals surface area contributed by atoms with E-state index in [1.807, 2.05) is 13.0 Å². The average Bonchev–Trinajstić information content (AvgIpc) is 2.59. The Morgan fingerprint density at radius 1 is 1.17 bits per heavy atom. The van der Waals surface area contributed by atoms with Gasteiger partial charge in [0.1, 0.15) is 11.5 Å².